The third-order valence-electron chi connectivity index (χ3n) is 2.52. The van der Waals surface area contributed by atoms with Crippen LogP contribution in [0.15, 0.2) is 30.9 Å². The number of aryl methyl sites for hydroxylation is 1. The fourth-order valence-corrected chi connectivity index (χ4v) is 1.55. The Balaban J connectivity index is 2.40. The first kappa shape index (κ1) is 10.4. The highest BCUT2D eigenvalue weighted by Gasteiger charge is 2.07. The lowest BCUT2D eigenvalue weighted by molar-refractivity contribution is 0.591. The molecule has 0 aliphatic rings. The van der Waals surface area contributed by atoms with E-state index in [1.807, 2.05) is 32.3 Å². The molecule has 0 amide bonds. The van der Waals surface area contributed by atoms with E-state index in [2.05, 4.69) is 16.2 Å². The average Bonchev–Trinajstić information content (AvgIpc) is 2.78. The maximum absolute atomic E-state index is 8.80. The van der Waals surface area contributed by atoms with E-state index < -0.39 is 0 Å². The van der Waals surface area contributed by atoms with Crippen LogP contribution in [0, 0.1) is 18.3 Å². The lowest BCUT2D eigenvalue weighted by Crippen LogP contribution is -2.01. The van der Waals surface area contributed by atoms with E-state index in [1.54, 1.807) is 17.1 Å². The molecule has 2 heterocycles. The zero-order valence-corrected chi connectivity index (χ0v) is 9.25. The Morgan fingerprint density at radius 3 is 2.94 bits per heavy atom. The van der Waals surface area contributed by atoms with Crippen molar-refractivity contribution in [3.63, 3.8) is 0 Å². The molecule has 0 radical (unpaired) electrons. The monoisotopic (exact) mass is 212 g/mol. The van der Waals surface area contributed by atoms with E-state index in [0.717, 1.165) is 16.7 Å². The van der Waals surface area contributed by atoms with Crippen molar-refractivity contribution in [3.05, 3.63) is 36.4 Å². The van der Waals surface area contributed by atoms with Gasteiger partial charge in [0.15, 0.2) is 0 Å². The Kier molecular flexibility index (Phi) is 2.69. The van der Waals surface area contributed by atoms with Crippen LogP contribution < -0.4 is 0 Å². The fraction of sp³-hybridized carbons (Fsp3) is 0.250. The van der Waals surface area contributed by atoms with Crippen LogP contribution in [0.25, 0.3) is 11.1 Å². The van der Waals surface area contributed by atoms with Gasteiger partial charge in [-0.3, -0.25) is 9.67 Å². The number of hydrogen-bond acceptors (Lipinski definition) is 3. The van der Waals surface area contributed by atoms with E-state index in [9.17, 15) is 0 Å². The Bertz CT molecular complexity index is 536. The minimum absolute atomic E-state index is 0.240. The summed E-state index contributed by atoms with van der Waals surface area (Å²) in [5, 5.41) is 13.0. The maximum Gasteiger partial charge on any atom is 0.135 e. The van der Waals surface area contributed by atoms with Crippen LogP contribution in [-0.4, -0.2) is 14.8 Å². The van der Waals surface area contributed by atoms with Crippen molar-refractivity contribution in [3.8, 4) is 17.2 Å². The molecule has 0 bridgehead atoms. The molecule has 0 spiro atoms. The molecule has 0 saturated heterocycles. The van der Waals surface area contributed by atoms with E-state index in [0.29, 0.717) is 0 Å². The van der Waals surface area contributed by atoms with E-state index in [1.165, 1.54) is 0 Å². The Hall–Kier alpha value is -2.15. The van der Waals surface area contributed by atoms with Gasteiger partial charge in [-0.2, -0.15) is 10.4 Å². The minimum atomic E-state index is -0.240. The quantitative estimate of drug-likeness (QED) is 0.767. The normalized spacial score (nSPS) is 12.1. The molecule has 16 heavy (non-hydrogen) atoms. The largest absolute Gasteiger partial charge is 0.264 e. The van der Waals surface area contributed by atoms with Crippen molar-refractivity contribution >= 4 is 0 Å². The molecule has 0 aliphatic heterocycles. The van der Waals surface area contributed by atoms with Crippen LogP contribution in [-0.2, 0) is 0 Å². The van der Waals surface area contributed by atoms with Crippen molar-refractivity contribution in [2.45, 2.75) is 19.9 Å². The fourth-order valence-electron chi connectivity index (χ4n) is 1.55. The van der Waals surface area contributed by atoms with Gasteiger partial charge < -0.3 is 0 Å². The highest BCUT2D eigenvalue weighted by Crippen LogP contribution is 2.22. The standard InChI is InChI=1S/C12H12N4/c1-9-6-14-4-3-12(9)11-7-15-16(8-11)10(2)5-13/h3-4,6-8,10H,1-2H3. The third kappa shape index (κ3) is 1.80. The van der Waals surface area contributed by atoms with Crippen molar-refractivity contribution in [1.82, 2.24) is 14.8 Å². The summed E-state index contributed by atoms with van der Waals surface area (Å²) in [7, 11) is 0. The van der Waals surface area contributed by atoms with Gasteiger partial charge in [0.25, 0.3) is 0 Å². The maximum atomic E-state index is 8.80. The van der Waals surface area contributed by atoms with Crippen LogP contribution in [0.4, 0.5) is 0 Å². The van der Waals surface area contributed by atoms with Crippen LogP contribution in [0.3, 0.4) is 0 Å². The topological polar surface area (TPSA) is 54.5 Å². The van der Waals surface area contributed by atoms with E-state index in [-0.39, 0.29) is 6.04 Å². The summed E-state index contributed by atoms with van der Waals surface area (Å²) in [4.78, 5) is 4.05. The van der Waals surface area contributed by atoms with Crippen LogP contribution in [0.5, 0.6) is 0 Å². The van der Waals surface area contributed by atoms with Gasteiger partial charge in [-0.15, -0.1) is 0 Å². The first-order chi connectivity index (χ1) is 7.72. The molecule has 0 fully saturated rings. The van der Waals surface area contributed by atoms with Gasteiger partial charge in [0.1, 0.15) is 6.04 Å². The zero-order valence-electron chi connectivity index (χ0n) is 9.25. The number of nitrogens with zero attached hydrogens (tertiary/aromatic N) is 4. The first-order valence-electron chi connectivity index (χ1n) is 5.07. The minimum Gasteiger partial charge on any atom is -0.264 e. The molecule has 0 aromatic carbocycles. The average molecular weight is 212 g/mol. The Labute approximate surface area is 94.2 Å². The summed E-state index contributed by atoms with van der Waals surface area (Å²) in [6, 6.07) is 3.86. The molecule has 80 valence electrons. The summed E-state index contributed by atoms with van der Waals surface area (Å²) < 4.78 is 1.66. The lowest BCUT2D eigenvalue weighted by atomic mass is 10.1. The predicted octanol–water partition coefficient (Wildman–Crippen LogP) is 2.34. The van der Waals surface area contributed by atoms with Gasteiger partial charge >= 0.3 is 0 Å². The number of rotatable bonds is 2. The number of aromatic nitrogens is 3. The Morgan fingerprint density at radius 2 is 2.25 bits per heavy atom. The van der Waals surface area contributed by atoms with E-state index >= 15 is 0 Å². The summed E-state index contributed by atoms with van der Waals surface area (Å²) >= 11 is 0. The molecule has 0 N–H and O–H groups in total. The first-order valence-corrected chi connectivity index (χ1v) is 5.07. The van der Waals surface area contributed by atoms with Crippen molar-refractivity contribution in [2.24, 2.45) is 0 Å². The number of pyridine rings is 1. The van der Waals surface area contributed by atoms with Crippen LogP contribution in [0.2, 0.25) is 0 Å². The molecule has 4 nitrogen and oxygen atoms in total. The summed E-state index contributed by atoms with van der Waals surface area (Å²) in [6.45, 7) is 3.82. The third-order valence-corrected chi connectivity index (χ3v) is 2.52. The van der Waals surface area contributed by atoms with Gasteiger partial charge in [0, 0.05) is 24.2 Å². The smallest absolute Gasteiger partial charge is 0.135 e. The van der Waals surface area contributed by atoms with Crippen molar-refractivity contribution in [1.29, 1.82) is 5.26 Å². The van der Waals surface area contributed by atoms with Crippen LogP contribution >= 0.6 is 0 Å². The van der Waals surface area contributed by atoms with Crippen molar-refractivity contribution < 1.29 is 0 Å². The molecule has 2 aromatic rings. The van der Waals surface area contributed by atoms with Gasteiger partial charge in [0.2, 0.25) is 0 Å². The molecule has 2 rings (SSSR count). The van der Waals surface area contributed by atoms with Crippen LogP contribution in [0.1, 0.15) is 18.5 Å². The van der Waals surface area contributed by atoms with Gasteiger partial charge in [-0.1, -0.05) is 0 Å². The molecule has 1 unspecified atom stereocenters. The highest BCUT2D eigenvalue weighted by molar-refractivity contribution is 5.64. The molecular weight excluding hydrogens is 200 g/mol. The predicted molar refractivity (Wildman–Crippen MR) is 60.5 cm³/mol. The molecule has 0 saturated carbocycles. The summed E-state index contributed by atoms with van der Waals surface area (Å²) in [5.74, 6) is 0. The second-order valence-corrected chi connectivity index (χ2v) is 3.70. The van der Waals surface area contributed by atoms with Gasteiger partial charge in [0.05, 0.1) is 12.3 Å². The SMILES string of the molecule is Cc1cnccc1-c1cnn(C(C)C#N)c1. The highest BCUT2D eigenvalue weighted by atomic mass is 15.3. The number of nitriles is 1. The molecule has 2 aromatic heterocycles. The summed E-state index contributed by atoms with van der Waals surface area (Å²) in [5.41, 5.74) is 3.22. The zero-order chi connectivity index (χ0) is 11.5. The second kappa shape index (κ2) is 4.15. The Morgan fingerprint density at radius 1 is 1.44 bits per heavy atom. The molecule has 1 atom stereocenters. The summed E-state index contributed by atoms with van der Waals surface area (Å²) in [6.07, 6.45) is 7.24. The van der Waals surface area contributed by atoms with Gasteiger partial charge in [-0.25, -0.2) is 0 Å². The lowest BCUT2D eigenvalue weighted by Gasteiger charge is -2.02. The van der Waals surface area contributed by atoms with Crippen molar-refractivity contribution in [2.75, 3.05) is 0 Å². The number of hydrogen-bond donors (Lipinski definition) is 0. The molecular formula is C12H12N4. The van der Waals surface area contributed by atoms with Gasteiger partial charge in [-0.05, 0) is 31.0 Å². The molecule has 0 aliphatic carbocycles. The second-order valence-electron chi connectivity index (χ2n) is 3.70. The molecule has 4 heteroatoms. The van der Waals surface area contributed by atoms with E-state index in [4.69, 9.17) is 5.26 Å².